The van der Waals surface area contributed by atoms with Crippen LogP contribution in [0.5, 0.6) is 0 Å². The van der Waals surface area contributed by atoms with Crippen LogP contribution in [0.4, 0.5) is 0 Å². The summed E-state index contributed by atoms with van der Waals surface area (Å²) in [7, 11) is 1.64. The lowest BCUT2D eigenvalue weighted by atomic mass is 9.98. The Kier molecular flexibility index (Phi) is 6.16. The Bertz CT molecular complexity index is 355. The summed E-state index contributed by atoms with van der Waals surface area (Å²) >= 11 is 1.60. The largest absolute Gasteiger partial charge is 0.370 e. The molecule has 0 aliphatic heterocycles. The molecular formula is C9H18IN5S. The van der Waals surface area contributed by atoms with Gasteiger partial charge in [-0.15, -0.1) is 34.2 Å². The molecule has 5 nitrogen and oxygen atoms in total. The van der Waals surface area contributed by atoms with Crippen molar-refractivity contribution < 1.29 is 0 Å². The summed E-state index contributed by atoms with van der Waals surface area (Å²) in [6.45, 7) is 6.93. The van der Waals surface area contributed by atoms with Crippen molar-refractivity contribution in [2.75, 3.05) is 7.05 Å². The van der Waals surface area contributed by atoms with Crippen molar-refractivity contribution in [1.82, 2.24) is 15.5 Å². The highest BCUT2D eigenvalue weighted by Gasteiger charge is 2.19. The van der Waals surface area contributed by atoms with Gasteiger partial charge in [0.1, 0.15) is 10.0 Å². The van der Waals surface area contributed by atoms with Crippen LogP contribution in [0, 0.1) is 0 Å². The highest BCUT2D eigenvalue weighted by molar-refractivity contribution is 14.0. The standard InChI is InChI=1S/C9H17N5S.HI/c1-9(2,3)7-14-13-6(15-7)5-12-8(10)11-4;/h5H2,1-4H3,(H3,10,11,12);1H. The molecule has 0 fully saturated rings. The third kappa shape index (κ3) is 4.60. The third-order valence-corrected chi connectivity index (χ3v) is 3.12. The summed E-state index contributed by atoms with van der Waals surface area (Å²) in [5.74, 6) is 0.419. The third-order valence-electron chi connectivity index (χ3n) is 1.77. The van der Waals surface area contributed by atoms with E-state index in [1.54, 1.807) is 18.4 Å². The Morgan fingerprint density at radius 3 is 2.50 bits per heavy atom. The second-order valence-electron chi connectivity index (χ2n) is 4.21. The minimum Gasteiger partial charge on any atom is -0.370 e. The van der Waals surface area contributed by atoms with E-state index in [0.29, 0.717) is 12.5 Å². The van der Waals surface area contributed by atoms with Gasteiger partial charge in [-0.2, -0.15) is 0 Å². The number of guanidine groups is 1. The van der Waals surface area contributed by atoms with Gasteiger partial charge in [-0.3, -0.25) is 4.99 Å². The molecule has 1 rings (SSSR count). The highest BCUT2D eigenvalue weighted by Crippen LogP contribution is 2.24. The van der Waals surface area contributed by atoms with Crippen LogP contribution < -0.4 is 11.1 Å². The Labute approximate surface area is 117 Å². The summed E-state index contributed by atoms with van der Waals surface area (Å²) in [5.41, 5.74) is 5.56. The van der Waals surface area contributed by atoms with Crippen molar-refractivity contribution in [3.63, 3.8) is 0 Å². The lowest BCUT2D eigenvalue weighted by Gasteiger charge is -2.12. The average Bonchev–Trinajstić information content (AvgIpc) is 2.61. The predicted molar refractivity (Wildman–Crippen MR) is 78.4 cm³/mol. The van der Waals surface area contributed by atoms with Gasteiger partial charge in [0.15, 0.2) is 5.96 Å². The number of nitrogens with two attached hydrogens (primary N) is 1. The fourth-order valence-electron chi connectivity index (χ4n) is 0.873. The smallest absolute Gasteiger partial charge is 0.188 e. The van der Waals surface area contributed by atoms with Crippen LogP contribution in [0.15, 0.2) is 4.99 Å². The zero-order chi connectivity index (χ0) is 11.5. The molecule has 16 heavy (non-hydrogen) atoms. The summed E-state index contributed by atoms with van der Waals surface area (Å²) < 4.78 is 0. The van der Waals surface area contributed by atoms with Crippen molar-refractivity contribution in [1.29, 1.82) is 0 Å². The van der Waals surface area contributed by atoms with Crippen LogP contribution in [0.1, 0.15) is 30.8 Å². The predicted octanol–water partition coefficient (Wildman–Crippen LogP) is 1.49. The second kappa shape index (κ2) is 6.33. The zero-order valence-corrected chi connectivity index (χ0v) is 13.1. The summed E-state index contributed by atoms with van der Waals surface area (Å²) in [6.07, 6.45) is 0. The summed E-state index contributed by atoms with van der Waals surface area (Å²) in [4.78, 5) is 3.80. The van der Waals surface area contributed by atoms with Gasteiger partial charge in [0, 0.05) is 12.5 Å². The molecule has 0 atom stereocenters. The van der Waals surface area contributed by atoms with E-state index in [1.165, 1.54) is 0 Å². The maximum absolute atomic E-state index is 5.51. The normalized spacial score (nSPS) is 12.1. The molecule has 0 amide bonds. The van der Waals surface area contributed by atoms with Gasteiger partial charge in [0.2, 0.25) is 0 Å². The number of nitrogens with one attached hydrogen (secondary N) is 1. The van der Waals surface area contributed by atoms with E-state index in [-0.39, 0.29) is 29.4 Å². The fraction of sp³-hybridized carbons (Fsp3) is 0.667. The first-order valence-corrected chi connectivity index (χ1v) is 5.54. The molecule has 0 radical (unpaired) electrons. The first-order chi connectivity index (χ1) is 6.93. The van der Waals surface area contributed by atoms with Gasteiger partial charge in [-0.25, -0.2) is 0 Å². The molecule has 0 aliphatic carbocycles. The molecule has 0 spiro atoms. The van der Waals surface area contributed by atoms with E-state index in [2.05, 4.69) is 41.3 Å². The number of nitrogens with zero attached hydrogens (tertiary/aromatic N) is 3. The van der Waals surface area contributed by atoms with Gasteiger partial charge in [0.25, 0.3) is 0 Å². The Balaban J connectivity index is 0.00000225. The molecule has 1 heterocycles. The Morgan fingerprint density at radius 1 is 1.44 bits per heavy atom. The van der Waals surface area contributed by atoms with Crippen LogP contribution in [0.25, 0.3) is 0 Å². The van der Waals surface area contributed by atoms with Crippen LogP contribution in [-0.2, 0) is 12.0 Å². The lowest BCUT2D eigenvalue weighted by molar-refractivity contribution is 0.577. The highest BCUT2D eigenvalue weighted by atomic mass is 127. The molecular weight excluding hydrogens is 337 g/mol. The molecule has 0 saturated carbocycles. The molecule has 0 aliphatic rings. The quantitative estimate of drug-likeness (QED) is 0.479. The van der Waals surface area contributed by atoms with Crippen LogP contribution in [-0.4, -0.2) is 23.2 Å². The van der Waals surface area contributed by atoms with Crippen LogP contribution in [0.3, 0.4) is 0 Å². The summed E-state index contributed by atoms with van der Waals surface area (Å²) in [5, 5.41) is 13.1. The van der Waals surface area contributed by atoms with Crippen molar-refractivity contribution in [3.8, 4) is 0 Å². The van der Waals surface area contributed by atoms with Crippen LogP contribution >= 0.6 is 35.3 Å². The monoisotopic (exact) mass is 355 g/mol. The van der Waals surface area contributed by atoms with Gasteiger partial charge in [0.05, 0.1) is 6.54 Å². The van der Waals surface area contributed by atoms with Gasteiger partial charge < -0.3 is 11.1 Å². The Hall–Kier alpha value is -0.440. The zero-order valence-electron chi connectivity index (χ0n) is 9.94. The first kappa shape index (κ1) is 15.6. The average molecular weight is 355 g/mol. The van der Waals surface area contributed by atoms with Crippen molar-refractivity contribution in [3.05, 3.63) is 10.0 Å². The van der Waals surface area contributed by atoms with E-state index in [4.69, 9.17) is 5.73 Å². The first-order valence-electron chi connectivity index (χ1n) is 4.72. The molecule has 1 aromatic heterocycles. The number of hydrogen-bond donors (Lipinski definition) is 2. The maximum Gasteiger partial charge on any atom is 0.188 e. The molecule has 7 heteroatoms. The number of aliphatic imine (C=N–C) groups is 1. The second-order valence-corrected chi connectivity index (χ2v) is 5.28. The summed E-state index contributed by atoms with van der Waals surface area (Å²) in [6, 6.07) is 0. The topological polar surface area (TPSA) is 76.2 Å². The molecule has 92 valence electrons. The minimum absolute atomic E-state index is 0. The number of halogens is 1. The van der Waals surface area contributed by atoms with Gasteiger partial charge >= 0.3 is 0 Å². The van der Waals surface area contributed by atoms with E-state index in [9.17, 15) is 0 Å². The molecule has 0 saturated heterocycles. The van der Waals surface area contributed by atoms with Gasteiger partial charge in [-0.1, -0.05) is 32.1 Å². The maximum atomic E-state index is 5.51. The van der Waals surface area contributed by atoms with Crippen molar-refractivity contribution in [2.24, 2.45) is 10.7 Å². The number of aromatic nitrogens is 2. The Morgan fingerprint density at radius 2 is 2.06 bits per heavy atom. The molecule has 1 aromatic rings. The number of rotatable bonds is 2. The molecule has 0 aromatic carbocycles. The van der Waals surface area contributed by atoms with Crippen molar-refractivity contribution in [2.45, 2.75) is 32.7 Å². The minimum atomic E-state index is 0. The molecule has 3 N–H and O–H groups in total. The van der Waals surface area contributed by atoms with Gasteiger partial charge in [-0.05, 0) is 0 Å². The van der Waals surface area contributed by atoms with Crippen LogP contribution in [0.2, 0.25) is 0 Å². The number of hydrogen-bond acceptors (Lipinski definition) is 4. The molecule has 0 bridgehead atoms. The van der Waals surface area contributed by atoms with E-state index in [0.717, 1.165) is 10.0 Å². The van der Waals surface area contributed by atoms with Crippen molar-refractivity contribution >= 4 is 41.3 Å². The van der Waals surface area contributed by atoms with E-state index >= 15 is 0 Å². The van der Waals surface area contributed by atoms with E-state index in [1.807, 2.05) is 0 Å². The van der Waals surface area contributed by atoms with E-state index < -0.39 is 0 Å². The molecule has 0 unspecified atom stereocenters. The fourth-order valence-corrected chi connectivity index (χ4v) is 1.71. The SMILES string of the molecule is CN=C(N)NCc1nnc(C(C)(C)C)s1.I. The lowest BCUT2D eigenvalue weighted by Crippen LogP contribution is -2.30.